The van der Waals surface area contributed by atoms with E-state index in [2.05, 4.69) is 54.9 Å². The lowest BCUT2D eigenvalue weighted by molar-refractivity contribution is 0.0361. The first kappa shape index (κ1) is 20.9. The number of anilines is 1. The molecule has 1 fully saturated rings. The fourth-order valence-electron chi connectivity index (χ4n) is 4.87. The number of imidazole rings is 1. The molecule has 3 aromatic rings. The molecule has 0 aliphatic carbocycles. The maximum absolute atomic E-state index is 6.16. The van der Waals surface area contributed by atoms with Gasteiger partial charge in [-0.05, 0) is 42.8 Å². The number of halogens is 1. The SMILES string of the molecule is Clc1ccc(C2NC3=NCN(CCCN4CCOCC4)CN3c3nc4ccccc4n32)cc1. The van der Waals surface area contributed by atoms with Crippen LogP contribution in [0, 0.1) is 0 Å². The van der Waals surface area contributed by atoms with Crippen LogP contribution in [0.1, 0.15) is 18.2 Å². The molecular formula is C24H28ClN7O. The molecular weight excluding hydrogens is 438 g/mol. The van der Waals surface area contributed by atoms with Crippen LogP contribution in [0.15, 0.2) is 53.5 Å². The number of para-hydroxylation sites is 2. The molecule has 3 aliphatic heterocycles. The topological polar surface area (TPSA) is 61.2 Å². The number of guanidine groups is 1. The van der Waals surface area contributed by atoms with Gasteiger partial charge < -0.3 is 10.1 Å². The number of nitrogens with one attached hydrogen (secondary N) is 1. The van der Waals surface area contributed by atoms with Crippen molar-refractivity contribution in [1.29, 1.82) is 0 Å². The quantitative estimate of drug-likeness (QED) is 0.625. The molecule has 1 saturated heterocycles. The summed E-state index contributed by atoms with van der Waals surface area (Å²) in [4.78, 5) is 17.0. The third-order valence-electron chi connectivity index (χ3n) is 6.60. The highest BCUT2D eigenvalue weighted by Gasteiger charge is 2.35. The number of hydrogen-bond donors (Lipinski definition) is 1. The van der Waals surface area contributed by atoms with E-state index >= 15 is 0 Å². The van der Waals surface area contributed by atoms with E-state index < -0.39 is 0 Å². The Morgan fingerprint density at radius 1 is 1.00 bits per heavy atom. The molecule has 0 radical (unpaired) electrons. The molecule has 172 valence electrons. The zero-order valence-corrected chi connectivity index (χ0v) is 19.3. The summed E-state index contributed by atoms with van der Waals surface area (Å²) in [6.07, 6.45) is 1.03. The molecule has 1 aromatic heterocycles. The fourth-order valence-corrected chi connectivity index (χ4v) is 5.00. The van der Waals surface area contributed by atoms with Crippen LogP contribution in [0.25, 0.3) is 11.0 Å². The van der Waals surface area contributed by atoms with Crippen LogP contribution < -0.4 is 10.2 Å². The molecule has 9 heteroatoms. The first-order valence-corrected chi connectivity index (χ1v) is 12.0. The van der Waals surface area contributed by atoms with E-state index in [1.807, 2.05) is 18.2 Å². The number of hydrogen-bond acceptors (Lipinski definition) is 7. The van der Waals surface area contributed by atoms with Gasteiger partial charge in [-0.2, -0.15) is 0 Å². The van der Waals surface area contributed by atoms with E-state index in [1.165, 1.54) is 0 Å². The number of aliphatic imine (C=N–C) groups is 1. The Morgan fingerprint density at radius 3 is 2.64 bits per heavy atom. The Morgan fingerprint density at radius 2 is 1.79 bits per heavy atom. The van der Waals surface area contributed by atoms with Crippen molar-refractivity contribution < 1.29 is 4.74 Å². The Kier molecular flexibility index (Phi) is 5.67. The third kappa shape index (κ3) is 4.08. The minimum atomic E-state index is -0.0902. The van der Waals surface area contributed by atoms with E-state index in [1.54, 1.807) is 0 Å². The normalized spacial score (nSPS) is 21.4. The van der Waals surface area contributed by atoms with Gasteiger partial charge in [0.1, 0.15) is 6.17 Å². The van der Waals surface area contributed by atoms with Crippen molar-refractivity contribution in [2.75, 3.05) is 57.6 Å². The summed E-state index contributed by atoms with van der Waals surface area (Å²) in [5, 5.41) is 4.39. The van der Waals surface area contributed by atoms with E-state index in [0.717, 1.165) is 86.0 Å². The predicted octanol–water partition coefficient (Wildman–Crippen LogP) is 2.96. The summed E-state index contributed by atoms with van der Waals surface area (Å²) in [6, 6.07) is 16.3. The summed E-state index contributed by atoms with van der Waals surface area (Å²) in [5.41, 5.74) is 3.21. The number of benzene rings is 2. The number of fused-ring (bicyclic) bond motifs is 5. The monoisotopic (exact) mass is 465 g/mol. The van der Waals surface area contributed by atoms with Crippen LogP contribution in [0.4, 0.5) is 5.95 Å². The van der Waals surface area contributed by atoms with Crippen LogP contribution >= 0.6 is 11.6 Å². The molecule has 3 aliphatic rings. The van der Waals surface area contributed by atoms with E-state index in [0.29, 0.717) is 6.67 Å². The van der Waals surface area contributed by atoms with Crippen molar-refractivity contribution in [1.82, 2.24) is 24.7 Å². The Bertz CT molecular complexity index is 1160. The standard InChI is InChI=1S/C24H28ClN7O/c25-19-8-6-18(7-9-19)22-28-23-26-16-30(11-3-10-29-12-14-33-15-13-29)17-31(23)24-27-20-4-1-2-5-21(20)32(22)24/h1-2,4-9,22H,3,10-17H2,(H,26,28). The van der Waals surface area contributed by atoms with Gasteiger partial charge in [-0.1, -0.05) is 35.9 Å². The van der Waals surface area contributed by atoms with Gasteiger partial charge in [-0.25, -0.2) is 9.98 Å². The van der Waals surface area contributed by atoms with Gasteiger partial charge in [0.2, 0.25) is 11.9 Å². The average Bonchev–Trinajstić information content (AvgIpc) is 3.25. The number of ether oxygens (including phenoxy) is 1. The average molecular weight is 466 g/mol. The zero-order valence-electron chi connectivity index (χ0n) is 18.5. The van der Waals surface area contributed by atoms with Gasteiger partial charge >= 0.3 is 0 Å². The second-order valence-electron chi connectivity index (χ2n) is 8.76. The summed E-state index contributed by atoms with van der Waals surface area (Å²) < 4.78 is 7.73. The second-order valence-corrected chi connectivity index (χ2v) is 9.20. The van der Waals surface area contributed by atoms with Crippen LogP contribution in [0.3, 0.4) is 0 Å². The maximum atomic E-state index is 6.16. The first-order chi connectivity index (χ1) is 16.3. The van der Waals surface area contributed by atoms with Crippen LogP contribution in [-0.2, 0) is 4.74 Å². The van der Waals surface area contributed by atoms with E-state index in [4.69, 9.17) is 26.3 Å². The van der Waals surface area contributed by atoms with Crippen LogP contribution in [0.5, 0.6) is 0 Å². The summed E-state index contributed by atoms with van der Waals surface area (Å²) >= 11 is 6.16. The van der Waals surface area contributed by atoms with Crippen molar-refractivity contribution in [2.45, 2.75) is 12.6 Å². The minimum Gasteiger partial charge on any atom is -0.379 e. The highest BCUT2D eigenvalue weighted by molar-refractivity contribution is 6.30. The molecule has 2 aromatic carbocycles. The molecule has 1 N–H and O–H groups in total. The summed E-state index contributed by atoms with van der Waals surface area (Å²) in [7, 11) is 0. The van der Waals surface area contributed by atoms with Crippen LogP contribution in [0.2, 0.25) is 5.02 Å². The van der Waals surface area contributed by atoms with Crippen molar-refractivity contribution in [2.24, 2.45) is 4.99 Å². The highest BCUT2D eigenvalue weighted by atomic mass is 35.5. The second kappa shape index (κ2) is 8.95. The van der Waals surface area contributed by atoms with E-state index in [9.17, 15) is 0 Å². The predicted molar refractivity (Wildman–Crippen MR) is 131 cm³/mol. The van der Waals surface area contributed by atoms with E-state index in [-0.39, 0.29) is 6.17 Å². The van der Waals surface area contributed by atoms with Gasteiger partial charge in [-0.15, -0.1) is 0 Å². The Balaban J connectivity index is 1.26. The summed E-state index contributed by atoms with van der Waals surface area (Å²) in [6.45, 7) is 7.34. The highest BCUT2D eigenvalue weighted by Crippen LogP contribution is 2.34. The summed E-state index contributed by atoms with van der Waals surface area (Å²) in [5.74, 6) is 1.80. The Hall–Kier alpha value is -2.65. The van der Waals surface area contributed by atoms with Gasteiger partial charge in [0.05, 0.1) is 37.6 Å². The number of aromatic nitrogens is 2. The molecule has 4 heterocycles. The van der Waals surface area contributed by atoms with Gasteiger partial charge in [0.25, 0.3) is 0 Å². The molecule has 33 heavy (non-hydrogen) atoms. The van der Waals surface area contributed by atoms with Crippen molar-refractivity contribution >= 4 is 34.5 Å². The van der Waals surface area contributed by atoms with Gasteiger partial charge in [-0.3, -0.25) is 19.3 Å². The smallest absolute Gasteiger partial charge is 0.216 e. The maximum Gasteiger partial charge on any atom is 0.216 e. The lowest BCUT2D eigenvalue weighted by atomic mass is 10.1. The van der Waals surface area contributed by atoms with Crippen LogP contribution in [-0.4, -0.2) is 78.0 Å². The lowest BCUT2D eigenvalue weighted by Crippen LogP contribution is -2.57. The third-order valence-corrected chi connectivity index (χ3v) is 6.85. The van der Waals surface area contributed by atoms with Gasteiger partial charge in [0, 0.05) is 24.7 Å². The molecule has 8 nitrogen and oxygen atoms in total. The minimum absolute atomic E-state index is 0.0902. The number of nitrogens with zero attached hydrogens (tertiary/aromatic N) is 6. The molecule has 0 spiro atoms. The number of rotatable bonds is 5. The largest absolute Gasteiger partial charge is 0.379 e. The van der Waals surface area contributed by atoms with Crippen molar-refractivity contribution in [3.63, 3.8) is 0 Å². The Labute approximate surface area is 198 Å². The zero-order chi connectivity index (χ0) is 22.2. The number of morpholine rings is 1. The molecule has 0 saturated carbocycles. The first-order valence-electron chi connectivity index (χ1n) is 11.6. The molecule has 0 amide bonds. The van der Waals surface area contributed by atoms with Crippen molar-refractivity contribution in [3.8, 4) is 0 Å². The molecule has 0 bridgehead atoms. The molecule has 1 unspecified atom stereocenters. The molecule has 6 rings (SSSR count). The van der Waals surface area contributed by atoms with Gasteiger partial charge in [0.15, 0.2) is 0 Å². The lowest BCUT2D eigenvalue weighted by Gasteiger charge is -2.42. The van der Waals surface area contributed by atoms with Crippen molar-refractivity contribution in [3.05, 3.63) is 59.1 Å². The fraction of sp³-hybridized carbons (Fsp3) is 0.417. The molecule has 1 atom stereocenters.